The minimum Gasteiger partial charge on any atom is -0.228 e. The second kappa shape index (κ2) is 15.3. The van der Waals surface area contributed by atoms with Gasteiger partial charge in [0.05, 0.1) is 22.8 Å². The van der Waals surface area contributed by atoms with Gasteiger partial charge in [-0.15, -0.1) is 0 Å². The molecule has 0 saturated heterocycles. The van der Waals surface area contributed by atoms with Crippen molar-refractivity contribution in [1.82, 2.24) is 19.9 Å². The first kappa shape index (κ1) is 40.4. The number of benzene rings is 9. The van der Waals surface area contributed by atoms with Crippen molar-refractivity contribution in [1.29, 1.82) is 0 Å². The standard InChI is InChI=1S/C62H46N4Si2/c1-67(2)53-25-14-13-24-51(53)57-59(67)55(40-17-7-5-8-18-40)63-61(65-57)49-23-15-22-43(37-49)44-27-28-46-35-47(30-29-45(46)34-44)48-32-33-54-52(38-48)58-60(68(54,3)4)56(41-19-9-6-10-20-41)64-62(66-58)50-31-26-39-16-11-12-21-42(39)36-50/h5-38H,1-4H3. The molecule has 4 nitrogen and oxygen atoms in total. The Hall–Kier alpha value is -7.91. The van der Waals surface area contributed by atoms with Crippen LogP contribution in [-0.2, 0) is 0 Å². The molecule has 0 fully saturated rings. The van der Waals surface area contributed by atoms with Crippen LogP contribution in [0.1, 0.15) is 0 Å². The third-order valence-electron chi connectivity index (χ3n) is 14.6. The zero-order valence-corrected chi connectivity index (χ0v) is 40.4. The van der Waals surface area contributed by atoms with Gasteiger partial charge in [-0.05, 0) is 100 Å². The highest BCUT2D eigenvalue weighted by molar-refractivity contribution is 7.05. The van der Waals surface area contributed by atoms with Gasteiger partial charge in [-0.3, -0.25) is 0 Å². The molecule has 13 rings (SSSR count). The average molecular weight is 903 g/mol. The van der Waals surface area contributed by atoms with Gasteiger partial charge in [0, 0.05) is 27.8 Å². The molecule has 9 aromatic carbocycles. The van der Waals surface area contributed by atoms with Crippen LogP contribution in [0.4, 0.5) is 0 Å². The van der Waals surface area contributed by atoms with Gasteiger partial charge in [0.25, 0.3) is 0 Å². The molecule has 4 heterocycles. The number of nitrogens with zero attached hydrogens (tertiary/aromatic N) is 4. The van der Waals surface area contributed by atoms with E-state index in [2.05, 4.69) is 232 Å². The van der Waals surface area contributed by atoms with Crippen LogP contribution in [-0.4, -0.2) is 36.1 Å². The van der Waals surface area contributed by atoms with Crippen LogP contribution in [0.5, 0.6) is 0 Å². The van der Waals surface area contributed by atoms with Gasteiger partial charge < -0.3 is 0 Å². The van der Waals surface area contributed by atoms with Crippen molar-refractivity contribution in [3.63, 3.8) is 0 Å². The smallest absolute Gasteiger partial charge is 0.160 e. The molecule has 0 spiro atoms. The molecule has 2 aliphatic rings. The largest absolute Gasteiger partial charge is 0.228 e. The molecule has 322 valence electrons. The van der Waals surface area contributed by atoms with Gasteiger partial charge in [0.1, 0.15) is 16.1 Å². The summed E-state index contributed by atoms with van der Waals surface area (Å²) in [5.41, 5.74) is 15.7. The quantitative estimate of drug-likeness (QED) is 0.156. The highest BCUT2D eigenvalue weighted by atomic mass is 28.3. The van der Waals surface area contributed by atoms with E-state index >= 15 is 0 Å². The van der Waals surface area contributed by atoms with Crippen molar-refractivity contribution >= 4 is 58.4 Å². The van der Waals surface area contributed by atoms with Gasteiger partial charge in [-0.25, -0.2) is 19.9 Å². The van der Waals surface area contributed by atoms with E-state index < -0.39 is 16.1 Å². The van der Waals surface area contributed by atoms with Gasteiger partial charge in [0.2, 0.25) is 0 Å². The van der Waals surface area contributed by atoms with Crippen LogP contribution >= 0.6 is 0 Å². The summed E-state index contributed by atoms with van der Waals surface area (Å²) in [5, 5.41) is 10.3. The van der Waals surface area contributed by atoms with Crippen molar-refractivity contribution < 1.29 is 0 Å². The lowest BCUT2D eigenvalue weighted by atomic mass is 9.96. The second-order valence-electron chi connectivity index (χ2n) is 19.4. The average Bonchev–Trinajstić information content (AvgIpc) is 3.77. The Morgan fingerprint density at radius 2 is 0.662 bits per heavy atom. The van der Waals surface area contributed by atoms with Crippen LogP contribution in [0, 0.1) is 0 Å². The fourth-order valence-electron chi connectivity index (χ4n) is 11.1. The van der Waals surface area contributed by atoms with Crippen LogP contribution < -0.4 is 20.7 Å². The molecule has 0 saturated carbocycles. The summed E-state index contributed by atoms with van der Waals surface area (Å²) in [5.74, 6) is 1.52. The highest BCUT2D eigenvalue weighted by Crippen LogP contribution is 2.38. The maximum Gasteiger partial charge on any atom is 0.160 e. The van der Waals surface area contributed by atoms with Crippen LogP contribution in [0.25, 0.3) is 112 Å². The number of hydrogen-bond donors (Lipinski definition) is 0. The van der Waals surface area contributed by atoms with E-state index in [9.17, 15) is 0 Å². The predicted octanol–water partition coefficient (Wildman–Crippen LogP) is 13.2. The highest BCUT2D eigenvalue weighted by Gasteiger charge is 2.43. The van der Waals surface area contributed by atoms with Gasteiger partial charge in [-0.1, -0.05) is 202 Å². The molecular weight excluding hydrogens is 857 g/mol. The third kappa shape index (κ3) is 6.39. The molecule has 11 aromatic rings. The van der Waals surface area contributed by atoms with Crippen molar-refractivity contribution in [2.75, 3.05) is 0 Å². The Morgan fingerprint density at radius 3 is 1.31 bits per heavy atom. The molecule has 0 atom stereocenters. The Kier molecular flexibility index (Phi) is 9.10. The predicted molar refractivity (Wildman–Crippen MR) is 290 cm³/mol. The van der Waals surface area contributed by atoms with Crippen molar-refractivity contribution in [3.8, 4) is 90.1 Å². The van der Waals surface area contributed by atoms with Gasteiger partial charge in [-0.2, -0.15) is 0 Å². The van der Waals surface area contributed by atoms with Crippen LogP contribution in [0.3, 0.4) is 0 Å². The summed E-state index contributed by atoms with van der Waals surface area (Å²) in [6.07, 6.45) is 0. The molecule has 0 bridgehead atoms. The maximum absolute atomic E-state index is 5.47. The molecule has 2 aromatic heterocycles. The lowest BCUT2D eigenvalue weighted by Gasteiger charge is -2.21. The van der Waals surface area contributed by atoms with E-state index in [0.29, 0.717) is 0 Å². The normalized spacial score (nSPS) is 13.8. The molecule has 2 aliphatic heterocycles. The number of aromatic nitrogens is 4. The summed E-state index contributed by atoms with van der Waals surface area (Å²) in [6.45, 7) is 9.77. The summed E-state index contributed by atoms with van der Waals surface area (Å²) >= 11 is 0. The molecule has 0 radical (unpaired) electrons. The monoisotopic (exact) mass is 902 g/mol. The number of rotatable bonds is 6. The van der Waals surface area contributed by atoms with Crippen LogP contribution in [0.15, 0.2) is 206 Å². The van der Waals surface area contributed by atoms with E-state index in [4.69, 9.17) is 19.9 Å². The maximum atomic E-state index is 5.47. The lowest BCUT2D eigenvalue weighted by molar-refractivity contribution is 1.20. The zero-order chi connectivity index (χ0) is 45.7. The minimum atomic E-state index is -2.18. The van der Waals surface area contributed by atoms with Crippen molar-refractivity contribution in [2.45, 2.75) is 26.2 Å². The minimum absolute atomic E-state index is 0.757. The summed E-state index contributed by atoms with van der Waals surface area (Å²) in [7, 11) is -4.22. The van der Waals surface area contributed by atoms with Gasteiger partial charge in [0.15, 0.2) is 11.6 Å². The molecule has 6 heteroatoms. The molecule has 0 unspecified atom stereocenters. The first-order chi connectivity index (χ1) is 33.2. The molecule has 68 heavy (non-hydrogen) atoms. The topological polar surface area (TPSA) is 51.6 Å². The van der Waals surface area contributed by atoms with Gasteiger partial charge >= 0.3 is 0 Å². The lowest BCUT2D eigenvalue weighted by Crippen LogP contribution is -2.50. The number of hydrogen-bond acceptors (Lipinski definition) is 4. The zero-order valence-electron chi connectivity index (χ0n) is 38.4. The Balaban J connectivity index is 0.870. The molecule has 0 aliphatic carbocycles. The van der Waals surface area contributed by atoms with Crippen molar-refractivity contribution in [3.05, 3.63) is 206 Å². The fraction of sp³-hybridized carbons (Fsp3) is 0.0645. The SMILES string of the molecule is C[Si]1(C)c2ccccc2-c2nc(-c3cccc(-c4ccc5cc(-c6ccc7c(c6)-c6nc(-c8ccc9ccccc9c8)nc(-c8ccccc8)c6[Si]7(C)C)ccc5c4)c3)nc(-c3ccccc3)c21. The van der Waals surface area contributed by atoms with E-state index in [1.54, 1.807) is 0 Å². The van der Waals surface area contributed by atoms with Crippen LogP contribution in [0.2, 0.25) is 26.2 Å². The first-order valence-corrected chi connectivity index (χ1v) is 29.5. The summed E-state index contributed by atoms with van der Waals surface area (Å²) in [6, 6.07) is 74.7. The molecular formula is C62H46N4Si2. The fourth-order valence-corrected chi connectivity index (χ4v) is 17.5. The van der Waals surface area contributed by atoms with E-state index in [1.807, 2.05) is 0 Å². The number of fused-ring (bicyclic) bond motifs is 8. The van der Waals surface area contributed by atoms with E-state index in [1.165, 1.54) is 64.5 Å². The molecule has 0 N–H and O–H groups in total. The van der Waals surface area contributed by atoms with Crippen molar-refractivity contribution in [2.24, 2.45) is 0 Å². The second-order valence-corrected chi connectivity index (χ2v) is 28.0. The third-order valence-corrected chi connectivity index (χ3v) is 21.6. The first-order valence-electron chi connectivity index (χ1n) is 23.5. The Morgan fingerprint density at radius 1 is 0.265 bits per heavy atom. The Bertz CT molecular complexity index is 3860. The van der Waals surface area contributed by atoms with E-state index in [0.717, 1.165) is 67.8 Å². The summed E-state index contributed by atoms with van der Waals surface area (Å²) < 4.78 is 0. The molecule has 0 amide bonds. The summed E-state index contributed by atoms with van der Waals surface area (Å²) in [4.78, 5) is 21.6. The Labute approximate surface area is 398 Å². The van der Waals surface area contributed by atoms with E-state index in [-0.39, 0.29) is 0 Å².